The van der Waals surface area contributed by atoms with E-state index in [0.717, 1.165) is 0 Å². The molecule has 1 aliphatic heterocycles. The fourth-order valence-electron chi connectivity index (χ4n) is 1.83. The number of carbonyl (C=O) groups excluding carboxylic acids is 2. The van der Waals surface area contributed by atoms with Gasteiger partial charge in [0, 0.05) is 19.1 Å². The van der Waals surface area contributed by atoms with E-state index in [4.69, 9.17) is 4.74 Å². The van der Waals surface area contributed by atoms with Gasteiger partial charge in [-0.25, -0.2) is 4.79 Å². The van der Waals surface area contributed by atoms with Crippen LogP contribution < -0.4 is 5.32 Å². The molecule has 0 spiro atoms. The van der Waals surface area contributed by atoms with Crippen LogP contribution in [0, 0.1) is 0 Å². The molecule has 0 aromatic heterocycles. The third kappa shape index (κ3) is 4.18. The minimum atomic E-state index is -5.93. The number of hydrogen-bond acceptors (Lipinski definition) is 3. The Morgan fingerprint density at radius 2 is 1.71 bits per heavy atom. The van der Waals surface area contributed by atoms with Crippen molar-refractivity contribution >= 4 is 12.0 Å². The minimum Gasteiger partial charge on any atom is -0.450 e. The first kappa shape index (κ1) is 17.4. The lowest BCUT2D eigenvalue weighted by atomic mass is 10.0. The molecule has 10 heteroatoms. The van der Waals surface area contributed by atoms with E-state index in [1.54, 1.807) is 12.2 Å². The van der Waals surface area contributed by atoms with Crippen molar-refractivity contribution in [3.05, 3.63) is 0 Å². The van der Waals surface area contributed by atoms with Crippen LogP contribution >= 0.6 is 0 Å². The van der Waals surface area contributed by atoms with Crippen molar-refractivity contribution in [3.63, 3.8) is 0 Å². The highest BCUT2D eigenvalue weighted by molar-refractivity contribution is 5.84. The Kier molecular flexibility index (Phi) is 5.35. The Labute approximate surface area is 117 Å². The number of nitrogens with zero attached hydrogens (tertiary/aromatic N) is 1. The van der Waals surface area contributed by atoms with Crippen molar-refractivity contribution in [2.45, 2.75) is 37.9 Å². The summed E-state index contributed by atoms with van der Waals surface area (Å²) in [7, 11) is 0. The Balaban J connectivity index is 2.50. The fourth-order valence-corrected chi connectivity index (χ4v) is 1.83. The monoisotopic (exact) mass is 318 g/mol. The first-order valence-electron chi connectivity index (χ1n) is 6.26. The smallest absolute Gasteiger partial charge is 0.450 e. The van der Waals surface area contributed by atoms with Crippen molar-refractivity contribution in [2.24, 2.45) is 0 Å². The van der Waals surface area contributed by atoms with Crippen molar-refractivity contribution in [1.82, 2.24) is 10.2 Å². The topological polar surface area (TPSA) is 58.6 Å². The summed E-state index contributed by atoms with van der Waals surface area (Å²) in [6.45, 7) is 2.01. The number of amides is 2. The molecular weight excluding hydrogens is 303 g/mol. The molecule has 1 heterocycles. The molecule has 0 aromatic carbocycles. The summed E-state index contributed by atoms with van der Waals surface area (Å²) >= 11 is 0. The summed E-state index contributed by atoms with van der Waals surface area (Å²) < 4.78 is 66.3. The summed E-state index contributed by atoms with van der Waals surface area (Å²) in [5, 5.41) is 1.67. The minimum absolute atomic E-state index is 0.0818. The number of rotatable bonds is 3. The summed E-state index contributed by atoms with van der Waals surface area (Å²) in [5.41, 5.74) is 0. The number of ether oxygens (including phenoxy) is 1. The Morgan fingerprint density at radius 3 is 2.14 bits per heavy atom. The second-order valence-corrected chi connectivity index (χ2v) is 4.51. The van der Waals surface area contributed by atoms with Crippen LogP contribution in [0.25, 0.3) is 0 Å². The quantitative estimate of drug-likeness (QED) is 0.809. The van der Waals surface area contributed by atoms with Gasteiger partial charge in [-0.2, -0.15) is 22.0 Å². The lowest BCUT2D eigenvalue weighted by Gasteiger charge is -2.32. The molecule has 0 aromatic rings. The predicted molar refractivity (Wildman–Crippen MR) is 60.8 cm³/mol. The van der Waals surface area contributed by atoms with E-state index in [1.165, 1.54) is 4.90 Å². The molecule has 0 unspecified atom stereocenters. The van der Waals surface area contributed by atoms with Crippen LogP contribution in [0.2, 0.25) is 0 Å². The van der Waals surface area contributed by atoms with Crippen molar-refractivity contribution in [1.29, 1.82) is 0 Å². The van der Waals surface area contributed by atoms with E-state index in [9.17, 15) is 31.5 Å². The summed E-state index contributed by atoms with van der Waals surface area (Å²) in [5.74, 6) is -7.80. The van der Waals surface area contributed by atoms with Crippen LogP contribution in [-0.2, 0) is 9.53 Å². The van der Waals surface area contributed by atoms with Crippen LogP contribution in [0.5, 0.6) is 0 Å². The largest absolute Gasteiger partial charge is 0.463 e. The molecule has 5 nitrogen and oxygen atoms in total. The summed E-state index contributed by atoms with van der Waals surface area (Å²) in [4.78, 5) is 23.7. The van der Waals surface area contributed by atoms with Gasteiger partial charge in [-0.05, 0) is 19.8 Å². The van der Waals surface area contributed by atoms with Crippen molar-refractivity contribution < 1.29 is 36.3 Å². The van der Waals surface area contributed by atoms with Gasteiger partial charge in [-0.15, -0.1) is 0 Å². The number of alkyl halides is 5. The van der Waals surface area contributed by atoms with E-state index >= 15 is 0 Å². The third-order valence-electron chi connectivity index (χ3n) is 3.00. The molecule has 0 aliphatic carbocycles. The third-order valence-corrected chi connectivity index (χ3v) is 3.00. The predicted octanol–water partition coefficient (Wildman–Crippen LogP) is 1.92. The molecular formula is C11H15F5N2O3. The normalized spacial score (nSPS) is 17.5. The van der Waals surface area contributed by atoms with Gasteiger partial charge in [0.25, 0.3) is 0 Å². The van der Waals surface area contributed by atoms with Crippen molar-refractivity contribution in [3.8, 4) is 0 Å². The molecule has 1 rings (SSSR count). The molecule has 1 aliphatic rings. The highest BCUT2D eigenvalue weighted by Gasteiger charge is 2.63. The molecule has 122 valence electrons. The first-order valence-corrected chi connectivity index (χ1v) is 6.26. The Hall–Kier alpha value is -1.61. The maximum Gasteiger partial charge on any atom is 0.463 e. The molecule has 21 heavy (non-hydrogen) atoms. The van der Waals surface area contributed by atoms with E-state index < -0.39 is 30.1 Å². The zero-order chi connectivity index (χ0) is 16.3. The van der Waals surface area contributed by atoms with E-state index in [0.29, 0.717) is 0 Å². The van der Waals surface area contributed by atoms with Gasteiger partial charge in [0.15, 0.2) is 0 Å². The zero-order valence-electron chi connectivity index (χ0n) is 11.2. The Morgan fingerprint density at radius 1 is 1.19 bits per heavy atom. The molecule has 1 saturated heterocycles. The molecule has 1 N–H and O–H groups in total. The average molecular weight is 318 g/mol. The number of halogens is 5. The average Bonchev–Trinajstić information content (AvgIpc) is 2.38. The highest BCUT2D eigenvalue weighted by atomic mass is 19.4. The van der Waals surface area contributed by atoms with Crippen molar-refractivity contribution in [2.75, 3.05) is 19.7 Å². The van der Waals surface area contributed by atoms with Crippen LogP contribution in [0.4, 0.5) is 26.7 Å². The molecule has 0 atom stereocenters. The molecule has 0 saturated carbocycles. The second-order valence-electron chi connectivity index (χ2n) is 4.51. The van der Waals surface area contributed by atoms with Gasteiger partial charge < -0.3 is 15.0 Å². The van der Waals surface area contributed by atoms with Gasteiger partial charge in [-0.3, -0.25) is 4.79 Å². The fraction of sp³-hybridized carbons (Fsp3) is 0.818. The van der Waals surface area contributed by atoms with Crippen LogP contribution in [0.15, 0.2) is 0 Å². The van der Waals surface area contributed by atoms with Gasteiger partial charge in [-0.1, -0.05) is 0 Å². The SMILES string of the molecule is CCOC(=O)N1CCC(NC(=O)C(F)(F)C(F)(F)F)CC1. The molecule has 2 amide bonds. The van der Waals surface area contributed by atoms with Gasteiger partial charge >= 0.3 is 24.1 Å². The van der Waals surface area contributed by atoms with E-state index in [-0.39, 0.29) is 32.5 Å². The number of piperidine rings is 1. The van der Waals surface area contributed by atoms with E-state index in [1.807, 2.05) is 0 Å². The van der Waals surface area contributed by atoms with Crippen LogP contribution in [0.1, 0.15) is 19.8 Å². The molecule has 0 radical (unpaired) electrons. The molecule has 0 bridgehead atoms. The van der Waals surface area contributed by atoms with Gasteiger partial charge in [0.05, 0.1) is 6.61 Å². The first-order chi connectivity index (χ1) is 9.59. The standard InChI is InChI=1S/C11H15F5N2O3/c1-2-21-9(20)18-5-3-7(4-6-18)17-8(19)10(12,13)11(14,15)16/h7H,2-6H2,1H3,(H,17,19). The Bertz CT molecular complexity index is 392. The summed E-state index contributed by atoms with van der Waals surface area (Å²) in [6.07, 6.45) is -6.34. The number of hydrogen-bond donors (Lipinski definition) is 1. The van der Waals surface area contributed by atoms with E-state index in [2.05, 4.69) is 0 Å². The molecule has 1 fully saturated rings. The summed E-state index contributed by atoms with van der Waals surface area (Å²) in [6, 6.07) is -0.837. The second kappa shape index (κ2) is 6.44. The van der Waals surface area contributed by atoms with Gasteiger partial charge in [0.1, 0.15) is 0 Å². The zero-order valence-corrected chi connectivity index (χ0v) is 11.2. The lowest BCUT2D eigenvalue weighted by molar-refractivity contribution is -0.270. The van der Waals surface area contributed by atoms with Gasteiger partial charge in [0.2, 0.25) is 0 Å². The van der Waals surface area contributed by atoms with Crippen LogP contribution in [-0.4, -0.2) is 54.7 Å². The maximum atomic E-state index is 12.8. The maximum absolute atomic E-state index is 12.8. The number of likely N-dealkylation sites (tertiary alicyclic amines) is 1. The lowest BCUT2D eigenvalue weighted by Crippen LogP contribution is -2.55. The number of carbonyl (C=O) groups is 2. The van der Waals surface area contributed by atoms with Crippen LogP contribution in [0.3, 0.4) is 0 Å². The number of nitrogens with one attached hydrogen (secondary N) is 1. The highest BCUT2D eigenvalue weighted by Crippen LogP contribution is 2.35.